The minimum absolute atomic E-state index is 0.0748. The van der Waals surface area contributed by atoms with Crippen LogP contribution in [-0.4, -0.2) is 36.4 Å². The highest BCUT2D eigenvalue weighted by molar-refractivity contribution is 5.70. The fourth-order valence-corrected chi connectivity index (χ4v) is 7.87. The third-order valence-corrected chi connectivity index (χ3v) is 12.0. The van der Waals surface area contributed by atoms with Crippen molar-refractivity contribution < 1.29 is 24.2 Å². The molecule has 0 radical (unpaired) electrons. The van der Waals surface area contributed by atoms with E-state index < -0.39 is 6.10 Å². The molecule has 1 atom stereocenters. The molecule has 0 heterocycles. The topological polar surface area (TPSA) is 72.8 Å². The van der Waals surface area contributed by atoms with Crippen molar-refractivity contribution in [3.63, 3.8) is 0 Å². The van der Waals surface area contributed by atoms with Crippen LogP contribution in [0.3, 0.4) is 0 Å². The Labute approximate surface area is 397 Å². The van der Waals surface area contributed by atoms with E-state index in [9.17, 15) is 14.7 Å². The average Bonchev–Trinajstić information content (AvgIpc) is 3.30. The molecule has 0 aliphatic carbocycles. The summed E-state index contributed by atoms with van der Waals surface area (Å²) in [4.78, 5) is 24.5. The summed E-state index contributed by atoms with van der Waals surface area (Å²) in [5.41, 5.74) is 0. The number of unbranched alkanes of at least 4 members (excludes halogenated alkanes) is 30. The zero-order valence-corrected chi connectivity index (χ0v) is 42.3. The molecule has 0 aromatic carbocycles. The second kappa shape index (κ2) is 54.7. The smallest absolute Gasteiger partial charge is 0.306 e. The number of allylic oxidation sites excluding steroid dienone is 12. The van der Waals surface area contributed by atoms with Crippen molar-refractivity contribution in [3.8, 4) is 0 Å². The Morgan fingerprint density at radius 3 is 1.03 bits per heavy atom. The lowest BCUT2D eigenvalue weighted by molar-refractivity contribution is -0.161. The van der Waals surface area contributed by atoms with Gasteiger partial charge in [-0.2, -0.15) is 0 Å². The van der Waals surface area contributed by atoms with E-state index in [1.165, 1.54) is 154 Å². The Balaban J connectivity index is 3.49. The first-order valence-corrected chi connectivity index (χ1v) is 27.5. The Bertz CT molecular complexity index is 1150. The first-order chi connectivity index (χ1) is 31.6. The van der Waals surface area contributed by atoms with Gasteiger partial charge >= 0.3 is 11.9 Å². The highest BCUT2D eigenvalue weighted by Crippen LogP contribution is 2.16. The normalized spacial score (nSPS) is 12.7. The molecule has 1 unspecified atom stereocenters. The molecule has 0 amide bonds. The predicted molar refractivity (Wildman–Crippen MR) is 279 cm³/mol. The summed E-state index contributed by atoms with van der Waals surface area (Å²) in [5, 5.41) is 9.64. The van der Waals surface area contributed by atoms with E-state index in [4.69, 9.17) is 9.47 Å². The second-order valence-corrected chi connectivity index (χ2v) is 18.3. The van der Waals surface area contributed by atoms with Crippen molar-refractivity contribution in [2.75, 3.05) is 13.2 Å². The van der Waals surface area contributed by atoms with Gasteiger partial charge in [-0.15, -0.1) is 0 Å². The fourth-order valence-electron chi connectivity index (χ4n) is 7.87. The van der Waals surface area contributed by atoms with Crippen LogP contribution < -0.4 is 0 Å². The maximum atomic E-state index is 12.3. The van der Waals surface area contributed by atoms with Crippen LogP contribution in [0.15, 0.2) is 72.9 Å². The number of hydrogen-bond donors (Lipinski definition) is 1. The van der Waals surface area contributed by atoms with Gasteiger partial charge in [0.25, 0.3) is 0 Å². The molecule has 5 heteroatoms. The number of hydrogen-bond acceptors (Lipinski definition) is 5. The van der Waals surface area contributed by atoms with Gasteiger partial charge in [-0.05, 0) is 83.5 Å². The van der Waals surface area contributed by atoms with Crippen molar-refractivity contribution in [1.29, 1.82) is 0 Å². The molecule has 0 bridgehead atoms. The van der Waals surface area contributed by atoms with Crippen molar-refractivity contribution in [2.24, 2.45) is 0 Å². The van der Waals surface area contributed by atoms with Crippen LogP contribution in [0.4, 0.5) is 0 Å². The van der Waals surface area contributed by atoms with Gasteiger partial charge in [0.15, 0.2) is 6.10 Å². The largest absolute Gasteiger partial charge is 0.462 e. The van der Waals surface area contributed by atoms with Crippen LogP contribution in [0, 0.1) is 0 Å². The maximum Gasteiger partial charge on any atom is 0.306 e. The summed E-state index contributed by atoms with van der Waals surface area (Å²) in [6.45, 7) is 4.03. The number of esters is 2. The Kier molecular flexibility index (Phi) is 52.4. The van der Waals surface area contributed by atoms with E-state index in [-0.39, 0.29) is 25.2 Å². The monoisotopic (exact) mass is 893 g/mol. The molecule has 5 nitrogen and oxygen atoms in total. The molecule has 0 aromatic rings. The lowest BCUT2D eigenvalue weighted by Gasteiger charge is -2.15. The molecule has 0 saturated heterocycles. The molecule has 64 heavy (non-hydrogen) atoms. The number of rotatable bonds is 50. The highest BCUT2D eigenvalue weighted by Gasteiger charge is 2.16. The SMILES string of the molecule is CC/C=C\C/C=C\C/C=C\C/C=C\C/C=C\CCCCCCCC(=O)OC(CO)COC(=O)CCCCCCCCCCCCCCCCCCC/C=C\CCCCCCCCCC. The summed E-state index contributed by atoms with van der Waals surface area (Å²) in [7, 11) is 0. The summed E-state index contributed by atoms with van der Waals surface area (Å²) in [5.74, 6) is -0.606. The summed E-state index contributed by atoms with van der Waals surface area (Å²) >= 11 is 0. The third kappa shape index (κ3) is 52.0. The quantitative estimate of drug-likeness (QED) is 0.0374. The van der Waals surface area contributed by atoms with Gasteiger partial charge in [0.2, 0.25) is 0 Å². The molecule has 0 aliphatic rings. The third-order valence-electron chi connectivity index (χ3n) is 12.0. The molecular weight excluding hydrogens is 789 g/mol. The molecule has 0 saturated carbocycles. The van der Waals surface area contributed by atoms with Crippen LogP contribution in [0.5, 0.6) is 0 Å². The molecule has 370 valence electrons. The van der Waals surface area contributed by atoms with E-state index in [0.29, 0.717) is 12.8 Å². The standard InChI is InChI=1S/C59H104O5/c1-3-5-7-9-11-13-15-17-19-21-23-25-26-27-28-29-30-31-32-34-35-37-39-41-43-45-47-49-51-53-58(61)63-56-57(55-60)64-59(62)54-52-50-48-46-44-42-40-38-36-33-24-22-20-18-16-14-12-10-8-6-4-2/h6,8,12,14,18,20-21,23-24,33,38,40,57,60H,3-5,7,9-11,13,15-17,19,22,25-32,34-37,39,41-56H2,1-2H3/b8-6-,14-12-,20-18-,23-21-,33-24-,40-38-. The van der Waals surface area contributed by atoms with E-state index in [2.05, 4.69) is 86.8 Å². The molecule has 0 aliphatic heterocycles. The maximum absolute atomic E-state index is 12.3. The molecule has 0 spiro atoms. The van der Waals surface area contributed by atoms with Gasteiger partial charge < -0.3 is 14.6 Å². The first kappa shape index (κ1) is 61.3. The zero-order valence-electron chi connectivity index (χ0n) is 42.3. The van der Waals surface area contributed by atoms with Crippen molar-refractivity contribution in [3.05, 3.63) is 72.9 Å². The molecule has 1 N–H and O–H groups in total. The van der Waals surface area contributed by atoms with Gasteiger partial charge in [-0.3, -0.25) is 9.59 Å². The molecule has 0 rings (SSSR count). The van der Waals surface area contributed by atoms with E-state index in [1.54, 1.807) is 0 Å². The lowest BCUT2D eigenvalue weighted by Crippen LogP contribution is -2.28. The van der Waals surface area contributed by atoms with Crippen LogP contribution in [0.1, 0.15) is 271 Å². The number of carbonyl (C=O) groups excluding carboxylic acids is 2. The van der Waals surface area contributed by atoms with Gasteiger partial charge in [-0.25, -0.2) is 0 Å². The molecule has 0 fully saturated rings. The second-order valence-electron chi connectivity index (χ2n) is 18.3. The van der Waals surface area contributed by atoms with Gasteiger partial charge in [-0.1, -0.05) is 247 Å². The van der Waals surface area contributed by atoms with Crippen LogP contribution in [0.25, 0.3) is 0 Å². The molecule has 0 aromatic heterocycles. The number of carbonyl (C=O) groups is 2. The van der Waals surface area contributed by atoms with Crippen molar-refractivity contribution in [1.82, 2.24) is 0 Å². The minimum Gasteiger partial charge on any atom is -0.462 e. The van der Waals surface area contributed by atoms with Crippen molar-refractivity contribution >= 4 is 11.9 Å². The van der Waals surface area contributed by atoms with E-state index in [1.807, 2.05) is 0 Å². The van der Waals surface area contributed by atoms with E-state index in [0.717, 1.165) is 89.9 Å². The highest BCUT2D eigenvalue weighted by atomic mass is 16.6. The number of aliphatic hydroxyl groups is 1. The average molecular weight is 893 g/mol. The lowest BCUT2D eigenvalue weighted by atomic mass is 10.0. The van der Waals surface area contributed by atoms with Gasteiger partial charge in [0.1, 0.15) is 6.61 Å². The van der Waals surface area contributed by atoms with Gasteiger partial charge in [0.05, 0.1) is 6.61 Å². The molecular formula is C59H104O5. The summed E-state index contributed by atoms with van der Waals surface area (Å²) in [6, 6.07) is 0. The van der Waals surface area contributed by atoms with E-state index >= 15 is 0 Å². The Hall–Kier alpha value is -2.66. The first-order valence-electron chi connectivity index (χ1n) is 27.5. The van der Waals surface area contributed by atoms with Crippen LogP contribution >= 0.6 is 0 Å². The Morgan fingerprint density at radius 2 is 0.672 bits per heavy atom. The summed E-state index contributed by atoms with van der Waals surface area (Å²) in [6.07, 6.45) is 74.4. The fraction of sp³-hybridized carbons (Fsp3) is 0.763. The summed E-state index contributed by atoms with van der Waals surface area (Å²) < 4.78 is 10.7. The van der Waals surface area contributed by atoms with Gasteiger partial charge in [0, 0.05) is 12.8 Å². The number of ether oxygens (including phenoxy) is 2. The number of aliphatic hydroxyl groups excluding tert-OH is 1. The van der Waals surface area contributed by atoms with Crippen LogP contribution in [-0.2, 0) is 19.1 Å². The van der Waals surface area contributed by atoms with Crippen molar-refractivity contribution in [2.45, 2.75) is 277 Å². The minimum atomic E-state index is -0.786. The zero-order chi connectivity index (χ0) is 46.3. The van der Waals surface area contributed by atoms with Crippen LogP contribution in [0.2, 0.25) is 0 Å². The predicted octanol–water partition coefficient (Wildman–Crippen LogP) is 18.4. The Morgan fingerprint density at radius 1 is 0.375 bits per heavy atom.